The number of aryl methyl sites for hydroxylation is 2. The molecule has 1 amide bonds. The number of thioether (sulfide) groups is 1. The molecule has 0 atom stereocenters. The normalized spacial score (nSPS) is 10.8. The number of carbonyl (C=O) groups is 1. The van der Waals surface area contributed by atoms with Crippen LogP contribution in [0.5, 0.6) is 5.75 Å². The van der Waals surface area contributed by atoms with E-state index in [1.165, 1.54) is 36.1 Å². The van der Waals surface area contributed by atoms with Gasteiger partial charge in [-0.15, -0.1) is 0 Å². The van der Waals surface area contributed by atoms with Crippen LogP contribution < -0.4 is 4.74 Å². The van der Waals surface area contributed by atoms with Crippen molar-refractivity contribution in [1.82, 2.24) is 14.5 Å². The Hall–Kier alpha value is -2.80. The van der Waals surface area contributed by atoms with Crippen LogP contribution in [0.25, 0.3) is 5.69 Å². The van der Waals surface area contributed by atoms with Crippen LogP contribution in [0.15, 0.2) is 53.9 Å². The van der Waals surface area contributed by atoms with Gasteiger partial charge in [0.2, 0.25) is 5.91 Å². The first kappa shape index (κ1) is 20.9. The van der Waals surface area contributed by atoms with E-state index in [1.807, 2.05) is 10.8 Å². The van der Waals surface area contributed by atoms with Crippen LogP contribution in [0.1, 0.15) is 16.7 Å². The van der Waals surface area contributed by atoms with Gasteiger partial charge in [-0.05, 0) is 54.8 Å². The van der Waals surface area contributed by atoms with Crippen molar-refractivity contribution in [3.05, 3.63) is 71.3 Å². The van der Waals surface area contributed by atoms with Crippen molar-refractivity contribution in [3.63, 3.8) is 0 Å². The third-order valence-electron chi connectivity index (χ3n) is 4.48. The molecule has 0 aliphatic heterocycles. The number of imidazole rings is 1. The molecule has 5 nitrogen and oxygen atoms in total. The van der Waals surface area contributed by atoms with Crippen LogP contribution in [0.4, 0.5) is 4.39 Å². The molecule has 3 aromatic rings. The Morgan fingerprint density at radius 3 is 2.59 bits per heavy atom. The molecule has 2 aromatic carbocycles. The monoisotopic (exact) mass is 413 g/mol. The van der Waals surface area contributed by atoms with E-state index in [0.29, 0.717) is 12.1 Å². The SMILES string of the molecule is COc1ccc(CN(C)C(=O)CSc2nccn2-c2cc(C)cc(C)c2)cc1F. The minimum absolute atomic E-state index is 0.0544. The summed E-state index contributed by atoms with van der Waals surface area (Å²) in [5, 5.41) is 0.757. The zero-order valence-corrected chi connectivity index (χ0v) is 17.8. The van der Waals surface area contributed by atoms with Gasteiger partial charge in [0.1, 0.15) is 0 Å². The Morgan fingerprint density at radius 1 is 1.21 bits per heavy atom. The summed E-state index contributed by atoms with van der Waals surface area (Å²) in [6.07, 6.45) is 3.62. The molecule has 0 radical (unpaired) electrons. The maximum Gasteiger partial charge on any atom is 0.233 e. The standard InChI is InChI=1S/C22H24FN3O2S/c1-15-9-16(2)11-18(10-15)26-8-7-24-22(26)29-14-21(27)25(3)13-17-5-6-20(28-4)19(23)12-17/h5-12H,13-14H2,1-4H3. The number of hydrogen-bond acceptors (Lipinski definition) is 4. The van der Waals surface area contributed by atoms with Crippen LogP contribution in [0.2, 0.25) is 0 Å². The van der Waals surface area contributed by atoms with Gasteiger partial charge in [0.05, 0.1) is 12.9 Å². The molecule has 0 aliphatic rings. The molecule has 1 heterocycles. The molecule has 0 saturated heterocycles. The molecule has 0 fully saturated rings. The van der Waals surface area contributed by atoms with E-state index in [4.69, 9.17) is 4.74 Å². The van der Waals surface area contributed by atoms with Crippen molar-refractivity contribution in [2.45, 2.75) is 25.5 Å². The molecule has 0 N–H and O–H groups in total. The average molecular weight is 414 g/mol. The van der Waals surface area contributed by atoms with Gasteiger partial charge in [0, 0.05) is 31.7 Å². The van der Waals surface area contributed by atoms with Crippen LogP contribution in [-0.2, 0) is 11.3 Å². The summed E-state index contributed by atoms with van der Waals surface area (Å²) in [7, 11) is 3.13. The molecular formula is C22H24FN3O2S. The van der Waals surface area contributed by atoms with Gasteiger partial charge in [-0.2, -0.15) is 0 Å². The predicted octanol–water partition coefficient (Wildman–Crippen LogP) is 4.39. The first-order valence-corrected chi connectivity index (χ1v) is 10.2. The highest BCUT2D eigenvalue weighted by Crippen LogP contribution is 2.23. The van der Waals surface area contributed by atoms with Gasteiger partial charge in [0.15, 0.2) is 16.7 Å². The second kappa shape index (κ2) is 9.13. The van der Waals surface area contributed by atoms with Crippen molar-refractivity contribution in [1.29, 1.82) is 0 Å². The minimum Gasteiger partial charge on any atom is -0.494 e. The minimum atomic E-state index is -0.435. The zero-order valence-electron chi connectivity index (χ0n) is 17.0. The molecular weight excluding hydrogens is 389 g/mol. The molecule has 152 valence electrons. The van der Waals surface area contributed by atoms with Crippen LogP contribution in [-0.4, -0.2) is 40.3 Å². The number of hydrogen-bond donors (Lipinski definition) is 0. The van der Waals surface area contributed by atoms with E-state index in [-0.39, 0.29) is 17.4 Å². The Labute approximate surface area is 174 Å². The lowest BCUT2D eigenvalue weighted by molar-refractivity contribution is -0.127. The summed E-state index contributed by atoms with van der Waals surface area (Å²) in [5.74, 6) is -0.0508. The molecule has 0 aliphatic carbocycles. The number of benzene rings is 2. The van der Waals surface area contributed by atoms with Gasteiger partial charge in [-0.25, -0.2) is 9.37 Å². The molecule has 0 spiro atoms. The maximum atomic E-state index is 13.9. The fourth-order valence-electron chi connectivity index (χ4n) is 3.09. The molecule has 1 aromatic heterocycles. The summed E-state index contributed by atoms with van der Waals surface area (Å²) < 4.78 is 20.8. The molecule has 0 saturated carbocycles. The quantitative estimate of drug-likeness (QED) is 0.539. The Kier molecular flexibility index (Phi) is 6.59. The third kappa shape index (κ3) is 5.17. The van der Waals surface area contributed by atoms with E-state index in [1.54, 1.807) is 30.3 Å². The number of aromatic nitrogens is 2. The van der Waals surface area contributed by atoms with Gasteiger partial charge in [0.25, 0.3) is 0 Å². The second-order valence-corrected chi connectivity index (χ2v) is 7.88. The molecule has 0 unspecified atom stereocenters. The number of rotatable bonds is 7. The predicted molar refractivity (Wildman–Crippen MR) is 113 cm³/mol. The van der Waals surface area contributed by atoms with E-state index in [9.17, 15) is 9.18 Å². The van der Waals surface area contributed by atoms with Crippen molar-refractivity contribution in [2.75, 3.05) is 19.9 Å². The van der Waals surface area contributed by atoms with Crippen molar-refractivity contribution in [3.8, 4) is 11.4 Å². The van der Waals surface area contributed by atoms with Gasteiger partial charge in [-0.3, -0.25) is 9.36 Å². The van der Waals surface area contributed by atoms with Crippen LogP contribution >= 0.6 is 11.8 Å². The lowest BCUT2D eigenvalue weighted by atomic mass is 10.1. The fraction of sp³-hybridized carbons (Fsp3) is 0.273. The topological polar surface area (TPSA) is 47.4 Å². The molecule has 29 heavy (non-hydrogen) atoms. The van der Waals surface area contributed by atoms with E-state index < -0.39 is 5.82 Å². The van der Waals surface area contributed by atoms with Gasteiger partial charge >= 0.3 is 0 Å². The molecule has 0 bridgehead atoms. The van der Waals surface area contributed by atoms with Gasteiger partial charge < -0.3 is 9.64 Å². The maximum absolute atomic E-state index is 13.9. The van der Waals surface area contributed by atoms with E-state index >= 15 is 0 Å². The van der Waals surface area contributed by atoms with Crippen molar-refractivity contribution in [2.24, 2.45) is 0 Å². The lowest BCUT2D eigenvalue weighted by Gasteiger charge is -2.17. The Morgan fingerprint density at radius 2 is 1.93 bits per heavy atom. The summed E-state index contributed by atoms with van der Waals surface area (Å²) in [6, 6.07) is 11.0. The van der Waals surface area contributed by atoms with Crippen molar-refractivity contribution < 1.29 is 13.9 Å². The number of halogens is 1. The lowest BCUT2D eigenvalue weighted by Crippen LogP contribution is -2.28. The highest BCUT2D eigenvalue weighted by molar-refractivity contribution is 7.99. The molecule has 7 heteroatoms. The summed E-state index contributed by atoms with van der Waals surface area (Å²) in [6.45, 7) is 4.44. The first-order chi connectivity index (χ1) is 13.9. The summed E-state index contributed by atoms with van der Waals surface area (Å²) >= 11 is 1.38. The van der Waals surface area contributed by atoms with Crippen molar-refractivity contribution >= 4 is 17.7 Å². The largest absolute Gasteiger partial charge is 0.494 e. The fourth-order valence-corrected chi connectivity index (χ4v) is 4.00. The number of carbonyl (C=O) groups excluding carboxylic acids is 1. The van der Waals surface area contributed by atoms with E-state index in [0.717, 1.165) is 10.8 Å². The Bertz CT molecular complexity index is 999. The smallest absolute Gasteiger partial charge is 0.233 e. The number of amides is 1. The number of ether oxygens (including phenoxy) is 1. The van der Waals surface area contributed by atoms with E-state index in [2.05, 4.69) is 37.0 Å². The molecule has 3 rings (SSSR count). The highest BCUT2D eigenvalue weighted by Gasteiger charge is 2.14. The number of nitrogens with zero attached hydrogens (tertiary/aromatic N) is 3. The summed E-state index contributed by atoms with van der Waals surface area (Å²) in [4.78, 5) is 18.5. The zero-order chi connectivity index (χ0) is 21.0. The second-order valence-electron chi connectivity index (χ2n) is 6.93. The number of methoxy groups -OCH3 is 1. The Balaban J connectivity index is 1.64. The average Bonchev–Trinajstić information content (AvgIpc) is 3.14. The third-order valence-corrected chi connectivity index (χ3v) is 5.43. The highest BCUT2D eigenvalue weighted by atomic mass is 32.2. The van der Waals surface area contributed by atoms with Crippen LogP contribution in [0.3, 0.4) is 0 Å². The van der Waals surface area contributed by atoms with Crippen LogP contribution in [0, 0.1) is 19.7 Å². The van der Waals surface area contributed by atoms with Gasteiger partial charge in [-0.1, -0.05) is 23.9 Å². The first-order valence-electron chi connectivity index (χ1n) is 9.18. The summed E-state index contributed by atoms with van der Waals surface area (Å²) in [5.41, 5.74) is 4.08.